The highest BCUT2D eigenvalue weighted by atomic mass is 35.5. The molecule has 3 aromatic rings. The maximum atomic E-state index is 12.2. The van der Waals surface area contributed by atoms with Crippen molar-refractivity contribution in [1.82, 2.24) is 4.98 Å². The average Bonchev–Trinajstić information content (AvgIpc) is 3.04. The predicted octanol–water partition coefficient (Wildman–Crippen LogP) is 5.12. The third kappa shape index (κ3) is 3.84. The van der Waals surface area contributed by atoms with Crippen molar-refractivity contribution in [2.24, 2.45) is 0 Å². The molecular weight excluding hydrogens is 346 g/mol. The first-order chi connectivity index (χ1) is 11.7. The van der Waals surface area contributed by atoms with E-state index < -0.39 is 6.03 Å². The minimum absolute atomic E-state index is 0.412. The van der Waals surface area contributed by atoms with Crippen molar-refractivity contribution in [2.45, 2.75) is 0 Å². The van der Waals surface area contributed by atoms with Crippen LogP contribution in [0.2, 0.25) is 5.02 Å². The summed E-state index contributed by atoms with van der Waals surface area (Å²) < 4.78 is 5.20. The number of hydrogen-bond donors (Lipinski definition) is 2. The number of urea groups is 1. The Morgan fingerprint density at radius 3 is 2.71 bits per heavy atom. The van der Waals surface area contributed by atoms with Gasteiger partial charge in [-0.2, -0.15) is 0 Å². The van der Waals surface area contributed by atoms with Crippen molar-refractivity contribution >= 4 is 39.8 Å². The van der Waals surface area contributed by atoms with Crippen molar-refractivity contribution in [3.63, 3.8) is 0 Å². The van der Waals surface area contributed by atoms with Crippen molar-refractivity contribution in [2.75, 3.05) is 17.7 Å². The molecule has 5 nitrogen and oxygen atoms in total. The fraction of sp³-hybridized carbons (Fsp3) is 0.0588. The molecule has 0 saturated heterocycles. The molecule has 1 aromatic heterocycles. The molecule has 24 heavy (non-hydrogen) atoms. The van der Waals surface area contributed by atoms with Crippen molar-refractivity contribution in [1.29, 1.82) is 0 Å². The van der Waals surface area contributed by atoms with E-state index in [4.69, 9.17) is 16.3 Å². The fourth-order valence-corrected chi connectivity index (χ4v) is 2.99. The van der Waals surface area contributed by atoms with Crippen LogP contribution < -0.4 is 15.4 Å². The first-order valence-electron chi connectivity index (χ1n) is 7.08. The number of ether oxygens (including phenoxy) is 1. The third-order valence-corrected chi connectivity index (χ3v) is 4.20. The molecule has 2 amide bonds. The van der Waals surface area contributed by atoms with E-state index in [1.165, 1.54) is 18.4 Å². The van der Waals surface area contributed by atoms with Gasteiger partial charge < -0.3 is 10.1 Å². The first kappa shape index (κ1) is 16.3. The zero-order chi connectivity index (χ0) is 16.9. The Kier molecular flexibility index (Phi) is 4.98. The van der Waals surface area contributed by atoms with E-state index in [9.17, 15) is 4.79 Å². The van der Waals surface area contributed by atoms with Gasteiger partial charge in [0.25, 0.3) is 0 Å². The quantitative estimate of drug-likeness (QED) is 0.679. The average molecular weight is 360 g/mol. The lowest BCUT2D eigenvalue weighted by Crippen LogP contribution is -2.19. The summed E-state index contributed by atoms with van der Waals surface area (Å²) >= 11 is 7.31. The summed E-state index contributed by atoms with van der Waals surface area (Å²) in [6.07, 6.45) is 0. The monoisotopic (exact) mass is 359 g/mol. The van der Waals surface area contributed by atoms with Gasteiger partial charge in [-0.15, -0.1) is 11.3 Å². The number of methoxy groups -OCH3 is 1. The Morgan fingerprint density at radius 2 is 1.96 bits per heavy atom. The number of benzene rings is 2. The summed E-state index contributed by atoms with van der Waals surface area (Å²) in [5, 5.41) is 8.32. The number of aromatic nitrogens is 1. The molecule has 0 aliphatic carbocycles. The van der Waals surface area contributed by atoms with Crippen LogP contribution in [0.1, 0.15) is 0 Å². The molecule has 2 aromatic carbocycles. The molecule has 0 fully saturated rings. The zero-order valence-electron chi connectivity index (χ0n) is 12.7. The lowest BCUT2D eigenvalue weighted by Gasteiger charge is -2.10. The molecule has 0 spiro atoms. The maximum absolute atomic E-state index is 12.2. The third-order valence-electron chi connectivity index (χ3n) is 3.20. The predicted molar refractivity (Wildman–Crippen MR) is 98.2 cm³/mol. The van der Waals surface area contributed by atoms with Gasteiger partial charge in [0.1, 0.15) is 5.75 Å². The van der Waals surface area contributed by atoms with E-state index in [1.54, 1.807) is 18.2 Å². The summed E-state index contributed by atoms with van der Waals surface area (Å²) in [5.41, 5.74) is 2.30. The fourth-order valence-electron chi connectivity index (χ4n) is 2.10. The number of halogens is 1. The molecule has 0 aliphatic rings. The second kappa shape index (κ2) is 7.33. The number of nitrogens with one attached hydrogen (secondary N) is 2. The first-order valence-corrected chi connectivity index (χ1v) is 8.34. The number of nitrogens with zero attached hydrogens (tertiary/aromatic N) is 1. The normalized spacial score (nSPS) is 10.2. The Balaban J connectivity index is 1.70. The van der Waals surface area contributed by atoms with Gasteiger partial charge in [0, 0.05) is 16.0 Å². The Morgan fingerprint density at radius 1 is 1.17 bits per heavy atom. The highest BCUT2D eigenvalue weighted by Crippen LogP contribution is 2.28. The zero-order valence-corrected chi connectivity index (χ0v) is 14.3. The second-order valence-corrected chi connectivity index (χ2v) is 6.12. The van der Waals surface area contributed by atoms with Gasteiger partial charge in [0.05, 0.1) is 18.5 Å². The van der Waals surface area contributed by atoms with Gasteiger partial charge in [-0.25, -0.2) is 9.78 Å². The smallest absolute Gasteiger partial charge is 0.325 e. The highest BCUT2D eigenvalue weighted by molar-refractivity contribution is 7.14. The second-order valence-electron chi connectivity index (χ2n) is 4.83. The Hall–Kier alpha value is -2.57. The van der Waals surface area contributed by atoms with Crippen LogP contribution in [0.5, 0.6) is 5.75 Å². The largest absolute Gasteiger partial charge is 0.495 e. The lowest BCUT2D eigenvalue weighted by atomic mass is 10.2. The van der Waals surface area contributed by atoms with Crippen LogP contribution in [0.3, 0.4) is 0 Å². The van der Waals surface area contributed by atoms with Crippen LogP contribution in [0.15, 0.2) is 53.9 Å². The van der Waals surface area contributed by atoms with Gasteiger partial charge >= 0.3 is 6.03 Å². The summed E-state index contributed by atoms with van der Waals surface area (Å²) in [5.74, 6) is 0.527. The van der Waals surface area contributed by atoms with Gasteiger partial charge in [-0.1, -0.05) is 41.9 Å². The number of carbonyl (C=O) groups is 1. The molecule has 3 rings (SSSR count). The molecule has 0 unspecified atom stereocenters. The van der Waals surface area contributed by atoms with Gasteiger partial charge in [-0.3, -0.25) is 5.32 Å². The summed E-state index contributed by atoms with van der Waals surface area (Å²) in [7, 11) is 1.53. The molecule has 0 saturated carbocycles. The van der Waals surface area contributed by atoms with E-state index >= 15 is 0 Å². The summed E-state index contributed by atoms with van der Waals surface area (Å²) in [6, 6.07) is 14.4. The topological polar surface area (TPSA) is 63.2 Å². The lowest BCUT2D eigenvalue weighted by molar-refractivity contribution is 0.262. The maximum Gasteiger partial charge on any atom is 0.325 e. The van der Waals surface area contributed by atoms with E-state index in [-0.39, 0.29) is 0 Å². The molecular formula is C17H14ClN3O2S. The van der Waals surface area contributed by atoms with E-state index in [0.717, 1.165) is 11.3 Å². The SMILES string of the molecule is COc1ccc(Cl)cc1NC(=O)Nc1nc(-c2ccccc2)cs1. The minimum Gasteiger partial charge on any atom is -0.495 e. The van der Waals surface area contributed by atoms with E-state index in [2.05, 4.69) is 15.6 Å². The number of rotatable bonds is 4. The van der Waals surface area contributed by atoms with Crippen LogP contribution in [0.25, 0.3) is 11.3 Å². The number of anilines is 2. The summed E-state index contributed by atoms with van der Waals surface area (Å²) in [4.78, 5) is 16.6. The Labute approximate surface area is 148 Å². The number of hydrogen-bond acceptors (Lipinski definition) is 4. The van der Waals surface area contributed by atoms with Crippen LogP contribution in [0, 0.1) is 0 Å². The van der Waals surface area contributed by atoms with Crippen LogP contribution >= 0.6 is 22.9 Å². The molecule has 2 N–H and O–H groups in total. The standard InChI is InChI=1S/C17H14ClN3O2S/c1-23-15-8-7-12(18)9-13(15)19-16(22)21-17-20-14(10-24-17)11-5-3-2-4-6-11/h2-10H,1H3,(H2,19,20,21,22). The molecule has 7 heteroatoms. The molecule has 1 heterocycles. The highest BCUT2D eigenvalue weighted by Gasteiger charge is 2.11. The molecule has 122 valence electrons. The van der Waals surface area contributed by atoms with Gasteiger partial charge in [0.2, 0.25) is 0 Å². The molecule has 0 bridgehead atoms. The molecule has 0 atom stereocenters. The van der Waals surface area contributed by atoms with Crippen molar-refractivity contribution < 1.29 is 9.53 Å². The number of thiazole rings is 1. The van der Waals surface area contributed by atoms with Gasteiger partial charge in [0.15, 0.2) is 5.13 Å². The van der Waals surface area contributed by atoms with E-state index in [1.807, 2.05) is 35.7 Å². The van der Waals surface area contributed by atoms with Crippen LogP contribution in [0.4, 0.5) is 15.6 Å². The Bertz CT molecular complexity index is 852. The number of amides is 2. The van der Waals surface area contributed by atoms with Crippen molar-refractivity contribution in [3.05, 3.63) is 58.9 Å². The molecule has 0 radical (unpaired) electrons. The number of carbonyl (C=O) groups excluding carboxylic acids is 1. The molecule has 0 aliphatic heterocycles. The van der Waals surface area contributed by atoms with Crippen LogP contribution in [-0.4, -0.2) is 18.1 Å². The van der Waals surface area contributed by atoms with Crippen molar-refractivity contribution in [3.8, 4) is 17.0 Å². The minimum atomic E-state index is -0.412. The van der Waals surface area contributed by atoms with E-state index in [0.29, 0.717) is 21.6 Å². The van der Waals surface area contributed by atoms with Crippen LogP contribution in [-0.2, 0) is 0 Å². The summed E-state index contributed by atoms with van der Waals surface area (Å²) in [6.45, 7) is 0. The van der Waals surface area contributed by atoms with Gasteiger partial charge in [-0.05, 0) is 18.2 Å².